The van der Waals surface area contributed by atoms with Crippen LogP contribution in [-0.4, -0.2) is 41.0 Å². The summed E-state index contributed by atoms with van der Waals surface area (Å²) in [5.74, 6) is 0.132. The summed E-state index contributed by atoms with van der Waals surface area (Å²) in [6.07, 6.45) is 1.67. The van der Waals surface area contributed by atoms with Gasteiger partial charge in [0.15, 0.2) is 5.11 Å². The summed E-state index contributed by atoms with van der Waals surface area (Å²) in [5, 5.41) is 0.674. The molecule has 1 aliphatic heterocycles. The van der Waals surface area contributed by atoms with Gasteiger partial charge in [0.1, 0.15) is 0 Å². The van der Waals surface area contributed by atoms with Crippen molar-refractivity contribution in [3.63, 3.8) is 0 Å². The number of hydrogen-bond donors (Lipinski definition) is 0. The van der Waals surface area contributed by atoms with Gasteiger partial charge in [0, 0.05) is 26.6 Å². The van der Waals surface area contributed by atoms with Gasteiger partial charge in [-0.15, -0.1) is 0 Å². The fourth-order valence-electron chi connectivity index (χ4n) is 1.29. The van der Waals surface area contributed by atoms with Crippen LogP contribution >= 0.6 is 12.2 Å². The van der Waals surface area contributed by atoms with Gasteiger partial charge < -0.3 is 4.90 Å². The fourth-order valence-corrected chi connectivity index (χ4v) is 1.57. The second-order valence-corrected chi connectivity index (χ2v) is 3.34. The van der Waals surface area contributed by atoms with Crippen LogP contribution in [0.15, 0.2) is 0 Å². The highest BCUT2D eigenvalue weighted by Crippen LogP contribution is 2.08. The van der Waals surface area contributed by atoms with E-state index in [2.05, 4.69) is 11.8 Å². The minimum absolute atomic E-state index is 0.132. The van der Waals surface area contributed by atoms with Crippen molar-refractivity contribution in [3.05, 3.63) is 0 Å². The van der Waals surface area contributed by atoms with Crippen LogP contribution in [0.1, 0.15) is 19.8 Å². The Morgan fingerprint density at radius 3 is 2.83 bits per heavy atom. The molecular weight excluding hydrogens is 172 g/mol. The third-order valence-electron chi connectivity index (χ3n) is 2.02. The lowest BCUT2D eigenvalue weighted by Gasteiger charge is -2.34. The lowest BCUT2D eigenvalue weighted by molar-refractivity contribution is -0.128. The number of nitrogens with zero attached hydrogens (tertiary/aromatic N) is 2. The summed E-state index contributed by atoms with van der Waals surface area (Å²) in [5.41, 5.74) is 0. The second kappa shape index (κ2) is 3.85. The van der Waals surface area contributed by atoms with Crippen LogP contribution in [0.25, 0.3) is 0 Å². The van der Waals surface area contributed by atoms with E-state index in [-0.39, 0.29) is 5.91 Å². The van der Waals surface area contributed by atoms with E-state index in [0.29, 0.717) is 11.5 Å². The van der Waals surface area contributed by atoms with Crippen LogP contribution in [-0.2, 0) is 4.79 Å². The predicted molar refractivity (Wildman–Crippen MR) is 51.8 cm³/mol. The van der Waals surface area contributed by atoms with E-state index in [4.69, 9.17) is 12.2 Å². The minimum Gasteiger partial charge on any atom is -0.348 e. The van der Waals surface area contributed by atoms with Crippen molar-refractivity contribution in [2.75, 3.05) is 20.1 Å². The summed E-state index contributed by atoms with van der Waals surface area (Å²) in [7, 11) is 1.74. The summed E-state index contributed by atoms with van der Waals surface area (Å²) in [4.78, 5) is 14.8. The van der Waals surface area contributed by atoms with Crippen LogP contribution in [0.2, 0.25) is 0 Å². The van der Waals surface area contributed by atoms with Gasteiger partial charge in [-0.2, -0.15) is 0 Å². The second-order valence-electron chi connectivity index (χ2n) is 2.97. The molecule has 0 aliphatic carbocycles. The minimum atomic E-state index is 0.132. The van der Waals surface area contributed by atoms with Crippen molar-refractivity contribution in [2.24, 2.45) is 0 Å². The number of rotatable bonds is 2. The smallest absolute Gasteiger partial charge is 0.230 e. The van der Waals surface area contributed by atoms with Crippen molar-refractivity contribution in [1.29, 1.82) is 0 Å². The molecule has 1 heterocycles. The monoisotopic (exact) mass is 186 g/mol. The van der Waals surface area contributed by atoms with E-state index in [9.17, 15) is 4.79 Å². The number of carbonyl (C=O) groups excluding carboxylic acids is 1. The van der Waals surface area contributed by atoms with Crippen molar-refractivity contribution >= 4 is 23.2 Å². The molecule has 1 saturated heterocycles. The molecule has 0 N–H and O–H groups in total. The van der Waals surface area contributed by atoms with E-state index >= 15 is 0 Å². The topological polar surface area (TPSA) is 23.6 Å². The molecule has 0 aromatic carbocycles. The molecule has 0 unspecified atom stereocenters. The standard InChI is InChI=1S/C8H14N2OS/c1-3-5-10-6-4-7(11)9(2)8(10)12/h3-6H2,1-2H3. The van der Waals surface area contributed by atoms with Crippen molar-refractivity contribution in [1.82, 2.24) is 9.80 Å². The normalized spacial score (nSPS) is 18.8. The molecule has 1 fully saturated rings. The Labute approximate surface area is 78.3 Å². The predicted octanol–water partition coefficient (Wildman–Crippen LogP) is 0.845. The lowest BCUT2D eigenvalue weighted by atomic mass is 10.3. The Bertz CT molecular complexity index is 205. The van der Waals surface area contributed by atoms with Crippen molar-refractivity contribution < 1.29 is 4.79 Å². The molecule has 12 heavy (non-hydrogen) atoms. The van der Waals surface area contributed by atoms with Crippen LogP contribution in [0.4, 0.5) is 0 Å². The van der Waals surface area contributed by atoms with Gasteiger partial charge >= 0.3 is 0 Å². The van der Waals surface area contributed by atoms with Gasteiger partial charge in [0.05, 0.1) is 0 Å². The van der Waals surface area contributed by atoms with Crippen molar-refractivity contribution in [2.45, 2.75) is 19.8 Å². The van der Waals surface area contributed by atoms with E-state index in [1.165, 1.54) is 0 Å². The zero-order valence-corrected chi connectivity index (χ0v) is 8.36. The Morgan fingerprint density at radius 1 is 1.58 bits per heavy atom. The molecule has 4 heteroatoms. The number of hydrogen-bond acceptors (Lipinski definition) is 2. The number of carbonyl (C=O) groups is 1. The molecule has 0 bridgehead atoms. The molecule has 1 rings (SSSR count). The highest BCUT2D eigenvalue weighted by molar-refractivity contribution is 7.80. The van der Waals surface area contributed by atoms with Gasteiger partial charge in [0.2, 0.25) is 5.91 Å². The van der Waals surface area contributed by atoms with Crippen LogP contribution < -0.4 is 0 Å². The third-order valence-corrected chi connectivity index (χ3v) is 2.55. The Kier molecular flexibility index (Phi) is 3.03. The highest BCUT2D eigenvalue weighted by Gasteiger charge is 2.24. The Hall–Kier alpha value is -0.640. The lowest BCUT2D eigenvalue weighted by Crippen LogP contribution is -2.50. The molecule has 0 aromatic heterocycles. The maximum absolute atomic E-state index is 11.2. The van der Waals surface area contributed by atoms with Gasteiger partial charge in [-0.1, -0.05) is 6.92 Å². The van der Waals surface area contributed by atoms with Crippen LogP contribution in [0.5, 0.6) is 0 Å². The summed E-state index contributed by atoms with van der Waals surface area (Å²) < 4.78 is 0. The zero-order chi connectivity index (χ0) is 9.14. The molecular formula is C8H14N2OS. The quantitative estimate of drug-likeness (QED) is 0.597. The van der Waals surface area contributed by atoms with E-state index in [1.807, 2.05) is 0 Å². The SMILES string of the molecule is CCCN1CCC(=O)N(C)C1=S. The van der Waals surface area contributed by atoms with E-state index in [1.54, 1.807) is 11.9 Å². The van der Waals surface area contributed by atoms with E-state index in [0.717, 1.165) is 19.5 Å². The molecule has 0 saturated carbocycles. The molecule has 1 aliphatic rings. The average Bonchev–Trinajstić information content (AvgIpc) is 2.07. The Balaban J connectivity index is 2.59. The molecule has 68 valence electrons. The summed E-state index contributed by atoms with van der Waals surface area (Å²) in [6.45, 7) is 3.85. The summed E-state index contributed by atoms with van der Waals surface area (Å²) >= 11 is 5.12. The first-order chi connectivity index (χ1) is 5.66. The van der Waals surface area contributed by atoms with Gasteiger partial charge in [-0.25, -0.2) is 0 Å². The molecule has 0 spiro atoms. The zero-order valence-electron chi connectivity index (χ0n) is 7.54. The van der Waals surface area contributed by atoms with Gasteiger partial charge in [0.25, 0.3) is 0 Å². The fraction of sp³-hybridized carbons (Fsp3) is 0.750. The van der Waals surface area contributed by atoms with Crippen LogP contribution in [0, 0.1) is 0 Å². The Morgan fingerprint density at radius 2 is 2.25 bits per heavy atom. The first-order valence-electron chi connectivity index (χ1n) is 4.22. The maximum atomic E-state index is 11.2. The van der Waals surface area contributed by atoms with Gasteiger partial charge in [-0.3, -0.25) is 9.69 Å². The maximum Gasteiger partial charge on any atom is 0.230 e. The average molecular weight is 186 g/mol. The first-order valence-corrected chi connectivity index (χ1v) is 4.63. The van der Waals surface area contributed by atoms with E-state index < -0.39 is 0 Å². The number of amides is 1. The molecule has 0 radical (unpaired) electrons. The van der Waals surface area contributed by atoms with Crippen LogP contribution in [0.3, 0.4) is 0 Å². The highest BCUT2D eigenvalue weighted by atomic mass is 32.1. The summed E-state index contributed by atoms with van der Waals surface area (Å²) in [6, 6.07) is 0. The molecule has 0 atom stereocenters. The van der Waals surface area contributed by atoms with Gasteiger partial charge in [-0.05, 0) is 18.6 Å². The third kappa shape index (κ3) is 1.75. The molecule has 3 nitrogen and oxygen atoms in total. The number of thiocarbonyl (C=S) groups is 1. The largest absolute Gasteiger partial charge is 0.348 e. The molecule has 1 amide bonds. The van der Waals surface area contributed by atoms with Crippen molar-refractivity contribution in [3.8, 4) is 0 Å². The first kappa shape index (κ1) is 9.45. The molecule has 0 aromatic rings.